The van der Waals surface area contributed by atoms with Crippen LogP contribution < -0.4 is 4.74 Å². The van der Waals surface area contributed by atoms with E-state index in [2.05, 4.69) is 6.58 Å². The van der Waals surface area contributed by atoms with Gasteiger partial charge in [0, 0.05) is 22.8 Å². The highest BCUT2D eigenvalue weighted by atomic mass is 32.2. The molecule has 2 rings (SSSR count). The van der Waals surface area contributed by atoms with E-state index in [1.807, 2.05) is 30.3 Å². The first-order valence-electron chi connectivity index (χ1n) is 6.06. The van der Waals surface area contributed by atoms with Crippen molar-refractivity contribution in [1.29, 1.82) is 0 Å². The van der Waals surface area contributed by atoms with Gasteiger partial charge in [0.1, 0.15) is 5.75 Å². The standard InChI is InChI=1S/C16H14O3S/c1-10(2)16(18)19-15-6-4-5-12-9-13(20-11(3)17)7-8-14(12)15/h4-9H,1H2,2-3H3. The van der Waals surface area contributed by atoms with Crippen LogP contribution in [0.15, 0.2) is 53.4 Å². The molecular weight excluding hydrogens is 272 g/mol. The van der Waals surface area contributed by atoms with Gasteiger partial charge in [-0.05, 0) is 36.6 Å². The number of esters is 1. The highest BCUT2D eigenvalue weighted by Crippen LogP contribution is 2.30. The highest BCUT2D eigenvalue weighted by molar-refractivity contribution is 8.13. The van der Waals surface area contributed by atoms with Crippen LogP contribution in [0.4, 0.5) is 0 Å². The van der Waals surface area contributed by atoms with Crippen molar-refractivity contribution in [2.45, 2.75) is 18.7 Å². The van der Waals surface area contributed by atoms with Crippen LogP contribution in [0.2, 0.25) is 0 Å². The minimum absolute atomic E-state index is 0.0363. The topological polar surface area (TPSA) is 43.4 Å². The van der Waals surface area contributed by atoms with Crippen LogP contribution in [0.25, 0.3) is 10.8 Å². The van der Waals surface area contributed by atoms with Gasteiger partial charge in [0.2, 0.25) is 0 Å². The van der Waals surface area contributed by atoms with E-state index in [1.54, 1.807) is 13.0 Å². The maximum Gasteiger partial charge on any atom is 0.338 e. The van der Waals surface area contributed by atoms with Crippen LogP contribution in [-0.4, -0.2) is 11.1 Å². The summed E-state index contributed by atoms with van der Waals surface area (Å²) in [5, 5.41) is 1.78. The average molecular weight is 286 g/mol. The Morgan fingerprint density at radius 1 is 1.15 bits per heavy atom. The number of benzene rings is 2. The van der Waals surface area contributed by atoms with Crippen LogP contribution in [0.1, 0.15) is 13.8 Å². The molecule has 0 unspecified atom stereocenters. The van der Waals surface area contributed by atoms with Crippen molar-refractivity contribution in [2.75, 3.05) is 0 Å². The summed E-state index contributed by atoms with van der Waals surface area (Å²) in [7, 11) is 0. The number of thioether (sulfide) groups is 1. The third-order valence-corrected chi connectivity index (χ3v) is 3.40. The van der Waals surface area contributed by atoms with E-state index < -0.39 is 5.97 Å². The maximum absolute atomic E-state index is 11.6. The summed E-state index contributed by atoms with van der Waals surface area (Å²) >= 11 is 1.18. The summed E-state index contributed by atoms with van der Waals surface area (Å²) in [5.74, 6) is 0.0505. The molecule has 0 aliphatic rings. The molecule has 0 amide bonds. The first-order chi connectivity index (χ1) is 9.47. The van der Waals surface area contributed by atoms with Crippen LogP contribution in [-0.2, 0) is 9.59 Å². The molecule has 0 heterocycles. The zero-order valence-corrected chi connectivity index (χ0v) is 12.1. The second kappa shape index (κ2) is 5.92. The zero-order chi connectivity index (χ0) is 14.7. The number of carbonyl (C=O) groups excluding carboxylic acids is 2. The van der Waals surface area contributed by atoms with Crippen molar-refractivity contribution in [2.24, 2.45) is 0 Å². The van der Waals surface area contributed by atoms with Gasteiger partial charge in [0.05, 0.1) is 0 Å². The lowest BCUT2D eigenvalue weighted by Crippen LogP contribution is -2.08. The van der Waals surface area contributed by atoms with Crippen LogP contribution in [0, 0.1) is 0 Å². The first kappa shape index (κ1) is 14.3. The van der Waals surface area contributed by atoms with Gasteiger partial charge in [-0.1, -0.05) is 30.5 Å². The molecule has 0 fully saturated rings. The number of ether oxygens (including phenoxy) is 1. The second-order valence-corrected chi connectivity index (χ2v) is 5.65. The van der Waals surface area contributed by atoms with Gasteiger partial charge in [0.15, 0.2) is 5.12 Å². The third kappa shape index (κ3) is 3.27. The molecular formula is C16H14O3S. The third-order valence-electron chi connectivity index (χ3n) is 2.62. The molecule has 0 aromatic heterocycles. The van der Waals surface area contributed by atoms with Gasteiger partial charge in [-0.15, -0.1) is 0 Å². The lowest BCUT2D eigenvalue weighted by molar-refractivity contribution is -0.130. The average Bonchev–Trinajstić information content (AvgIpc) is 2.37. The van der Waals surface area contributed by atoms with E-state index in [0.717, 1.165) is 15.7 Å². The fraction of sp³-hybridized carbons (Fsp3) is 0.125. The molecule has 0 aliphatic carbocycles. The molecule has 0 spiro atoms. The largest absolute Gasteiger partial charge is 0.423 e. The van der Waals surface area contributed by atoms with Crippen molar-refractivity contribution >= 4 is 33.6 Å². The molecule has 2 aromatic rings. The van der Waals surface area contributed by atoms with E-state index in [9.17, 15) is 9.59 Å². The Morgan fingerprint density at radius 3 is 2.55 bits per heavy atom. The molecule has 0 radical (unpaired) electrons. The SMILES string of the molecule is C=C(C)C(=O)Oc1cccc2cc(SC(C)=O)ccc12. The normalized spacial score (nSPS) is 10.3. The smallest absolute Gasteiger partial charge is 0.338 e. The van der Waals surface area contributed by atoms with Crippen molar-refractivity contribution < 1.29 is 14.3 Å². The summed E-state index contributed by atoms with van der Waals surface area (Å²) in [6.45, 7) is 6.70. The first-order valence-corrected chi connectivity index (χ1v) is 6.88. The van der Waals surface area contributed by atoms with E-state index in [0.29, 0.717) is 11.3 Å². The number of fused-ring (bicyclic) bond motifs is 1. The summed E-state index contributed by atoms with van der Waals surface area (Å²) in [6.07, 6.45) is 0. The Labute approximate surface area is 121 Å². The van der Waals surface area contributed by atoms with Gasteiger partial charge in [-0.2, -0.15) is 0 Å². The summed E-state index contributed by atoms with van der Waals surface area (Å²) in [4.78, 5) is 23.6. The Balaban J connectivity index is 2.40. The number of hydrogen-bond acceptors (Lipinski definition) is 4. The Bertz CT molecular complexity index is 704. The van der Waals surface area contributed by atoms with E-state index in [1.165, 1.54) is 18.7 Å². The second-order valence-electron chi connectivity index (χ2n) is 4.40. The number of hydrogen-bond donors (Lipinski definition) is 0. The predicted octanol–water partition coefficient (Wildman–Crippen LogP) is 3.96. The molecule has 0 N–H and O–H groups in total. The quantitative estimate of drug-likeness (QED) is 0.371. The van der Waals surface area contributed by atoms with Gasteiger partial charge in [-0.3, -0.25) is 4.79 Å². The Hall–Kier alpha value is -2.07. The minimum atomic E-state index is -0.445. The molecule has 0 bridgehead atoms. The molecule has 3 nitrogen and oxygen atoms in total. The van der Waals surface area contributed by atoms with Crippen molar-refractivity contribution in [3.8, 4) is 5.75 Å². The van der Waals surface area contributed by atoms with Gasteiger partial charge in [-0.25, -0.2) is 4.79 Å². The van der Waals surface area contributed by atoms with Crippen LogP contribution in [0.5, 0.6) is 5.75 Å². The molecule has 0 saturated heterocycles. The molecule has 0 aliphatic heterocycles. The summed E-state index contributed by atoms with van der Waals surface area (Å²) in [6, 6.07) is 11.1. The van der Waals surface area contributed by atoms with Crippen LogP contribution >= 0.6 is 11.8 Å². The van der Waals surface area contributed by atoms with Gasteiger partial charge >= 0.3 is 5.97 Å². The van der Waals surface area contributed by atoms with Crippen LogP contribution in [0.3, 0.4) is 0 Å². The van der Waals surface area contributed by atoms with Crippen molar-refractivity contribution in [1.82, 2.24) is 0 Å². The van der Waals surface area contributed by atoms with Gasteiger partial charge in [0.25, 0.3) is 0 Å². The predicted molar refractivity (Wildman–Crippen MR) is 80.9 cm³/mol. The Kier molecular flexibility index (Phi) is 4.25. The van der Waals surface area contributed by atoms with Crippen molar-refractivity contribution in [3.05, 3.63) is 48.6 Å². The summed E-state index contributed by atoms with van der Waals surface area (Å²) < 4.78 is 5.30. The molecule has 0 saturated carbocycles. The molecule has 102 valence electrons. The minimum Gasteiger partial charge on any atom is -0.423 e. The van der Waals surface area contributed by atoms with E-state index in [-0.39, 0.29) is 5.12 Å². The van der Waals surface area contributed by atoms with Gasteiger partial charge < -0.3 is 4.74 Å². The monoisotopic (exact) mass is 286 g/mol. The fourth-order valence-electron chi connectivity index (χ4n) is 1.74. The number of rotatable bonds is 3. The number of carbonyl (C=O) groups is 2. The molecule has 2 aromatic carbocycles. The Morgan fingerprint density at radius 2 is 1.90 bits per heavy atom. The molecule has 20 heavy (non-hydrogen) atoms. The van der Waals surface area contributed by atoms with Crippen molar-refractivity contribution in [3.63, 3.8) is 0 Å². The zero-order valence-electron chi connectivity index (χ0n) is 11.3. The fourth-order valence-corrected chi connectivity index (χ4v) is 2.39. The highest BCUT2D eigenvalue weighted by Gasteiger charge is 2.09. The van der Waals surface area contributed by atoms with E-state index >= 15 is 0 Å². The lowest BCUT2D eigenvalue weighted by Gasteiger charge is -2.08. The molecule has 0 atom stereocenters. The molecule has 4 heteroatoms. The summed E-state index contributed by atoms with van der Waals surface area (Å²) in [5.41, 5.74) is 0.353. The maximum atomic E-state index is 11.6. The van der Waals surface area contributed by atoms with E-state index in [4.69, 9.17) is 4.74 Å². The lowest BCUT2D eigenvalue weighted by atomic mass is 10.1.